The van der Waals surface area contributed by atoms with E-state index in [1.807, 2.05) is 36.5 Å². The van der Waals surface area contributed by atoms with E-state index in [9.17, 15) is 4.79 Å². The van der Waals surface area contributed by atoms with Gasteiger partial charge in [-0.05, 0) is 24.3 Å². The fourth-order valence-corrected chi connectivity index (χ4v) is 1.81. The van der Waals surface area contributed by atoms with Gasteiger partial charge in [0.1, 0.15) is 4.64 Å². The molecule has 2 rings (SSSR count). The Balaban J connectivity index is 2.64. The summed E-state index contributed by atoms with van der Waals surface area (Å²) in [6, 6.07) is 13.0. The van der Waals surface area contributed by atoms with Crippen LogP contribution in [0, 0.1) is 4.64 Å². The molecule has 0 atom stereocenters. The Hall–Kier alpha value is -1.94. The Bertz CT molecular complexity index is 575. The van der Waals surface area contributed by atoms with Gasteiger partial charge in [0.25, 0.3) is 5.91 Å². The van der Waals surface area contributed by atoms with E-state index >= 15 is 0 Å². The highest BCUT2D eigenvalue weighted by atomic mass is 32.1. The summed E-state index contributed by atoms with van der Waals surface area (Å²) in [5.74, 6) is -0.504. The van der Waals surface area contributed by atoms with Crippen LogP contribution >= 0.6 is 12.2 Å². The number of aromatic nitrogens is 1. The van der Waals surface area contributed by atoms with Crippen LogP contribution in [0.25, 0.3) is 5.69 Å². The van der Waals surface area contributed by atoms with Crippen LogP contribution in [-0.4, -0.2) is 10.5 Å². The Kier molecular flexibility index (Phi) is 2.83. The highest BCUT2D eigenvalue weighted by Gasteiger charge is 2.05. The largest absolute Gasteiger partial charge is 0.366 e. The van der Waals surface area contributed by atoms with Gasteiger partial charge in [-0.2, -0.15) is 0 Å². The van der Waals surface area contributed by atoms with Crippen LogP contribution in [0.2, 0.25) is 0 Å². The highest BCUT2D eigenvalue weighted by molar-refractivity contribution is 7.71. The number of pyridine rings is 1. The fraction of sp³-hybridized carbons (Fsp3) is 0. The Morgan fingerprint density at radius 3 is 2.44 bits per heavy atom. The predicted octanol–water partition coefficient (Wildman–Crippen LogP) is 2.31. The number of carbonyl (C=O) groups excluding carboxylic acids is 1. The minimum absolute atomic E-state index is 0.362. The highest BCUT2D eigenvalue weighted by Crippen LogP contribution is 2.10. The molecule has 2 aromatic rings. The van der Waals surface area contributed by atoms with Gasteiger partial charge in [0.05, 0.1) is 5.56 Å². The number of para-hydroxylation sites is 1. The van der Waals surface area contributed by atoms with Crippen molar-refractivity contribution in [1.82, 2.24) is 4.57 Å². The lowest BCUT2D eigenvalue weighted by Crippen LogP contribution is -2.13. The van der Waals surface area contributed by atoms with Gasteiger partial charge in [-0.15, -0.1) is 0 Å². The number of carbonyl (C=O) groups is 1. The zero-order valence-electron chi connectivity index (χ0n) is 8.46. The van der Waals surface area contributed by atoms with Crippen molar-refractivity contribution in [2.75, 3.05) is 0 Å². The molecule has 1 heterocycles. The van der Waals surface area contributed by atoms with Crippen LogP contribution in [0.4, 0.5) is 0 Å². The van der Waals surface area contributed by atoms with Crippen LogP contribution < -0.4 is 5.73 Å². The van der Waals surface area contributed by atoms with Crippen molar-refractivity contribution in [2.45, 2.75) is 0 Å². The van der Waals surface area contributed by atoms with Crippen LogP contribution in [0.1, 0.15) is 10.4 Å². The summed E-state index contributed by atoms with van der Waals surface area (Å²) >= 11 is 5.21. The van der Waals surface area contributed by atoms with Gasteiger partial charge in [0, 0.05) is 11.9 Å². The van der Waals surface area contributed by atoms with Gasteiger partial charge < -0.3 is 10.3 Å². The van der Waals surface area contributed by atoms with Gasteiger partial charge in [0.2, 0.25) is 0 Å². The van der Waals surface area contributed by atoms with Crippen molar-refractivity contribution in [1.29, 1.82) is 0 Å². The van der Waals surface area contributed by atoms with Crippen molar-refractivity contribution in [3.63, 3.8) is 0 Å². The summed E-state index contributed by atoms with van der Waals surface area (Å²) in [5, 5.41) is 0. The lowest BCUT2D eigenvalue weighted by molar-refractivity contribution is 0.0999. The number of hydrogen-bond acceptors (Lipinski definition) is 2. The third kappa shape index (κ3) is 1.87. The van der Waals surface area contributed by atoms with Crippen molar-refractivity contribution < 1.29 is 4.79 Å². The number of amides is 1. The summed E-state index contributed by atoms with van der Waals surface area (Å²) < 4.78 is 2.19. The molecule has 0 saturated heterocycles. The molecule has 16 heavy (non-hydrogen) atoms. The normalized spacial score (nSPS) is 10.0. The molecule has 1 aromatic carbocycles. The van der Waals surface area contributed by atoms with E-state index in [1.54, 1.807) is 16.7 Å². The first-order valence-electron chi connectivity index (χ1n) is 4.77. The molecule has 1 aromatic heterocycles. The molecule has 0 aliphatic heterocycles. The van der Waals surface area contributed by atoms with E-state index in [0.717, 1.165) is 5.69 Å². The fourth-order valence-electron chi connectivity index (χ4n) is 1.47. The zero-order chi connectivity index (χ0) is 11.5. The maximum absolute atomic E-state index is 11.1. The van der Waals surface area contributed by atoms with Gasteiger partial charge in [0.15, 0.2) is 0 Å². The summed E-state index contributed by atoms with van der Waals surface area (Å²) in [5.41, 5.74) is 6.52. The minimum Gasteiger partial charge on any atom is -0.366 e. The Morgan fingerprint density at radius 2 is 1.81 bits per heavy atom. The molecule has 0 unspecified atom stereocenters. The maximum Gasteiger partial charge on any atom is 0.251 e. The number of hydrogen-bond donors (Lipinski definition) is 1. The number of primary amides is 1. The molecular weight excluding hydrogens is 220 g/mol. The van der Waals surface area contributed by atoms with Gasteiger partial charge >= 0.3 is 0 Å². The Morgan fingerprint density at radius 1 is 1.12 bits per heavy atom. The predicted molar refractivity (Wildman–Crippen MR) is 65.1 cm³/mol. The Labute approximate surface area is 98.1 Å². The van der Waals surface area contributed by atoms with Crippen molar-refractivity contribution in [2.24, 2.45) is 5.73 Å². The van der Waals surface area contributed by atoms with Crippen molar-refractivity contribution in [3.05, 3.63) is 58.9 Å². The second-order valence-electron chi connectivity index (χ2n) is 3.30. The van der Waals surface area contributed by atoms with Crippen LogP contribution in [0.5, 0.6) is 0 Å². The molecule has 0 radical (unpaired) electrons. The third-order valence-corrected chi connectivity index (χ3v) is 2.66. The topological polar surface area (TPSA) is 48.0 Å². The van der Waals surface area contributed by atoms with E-state index in [1.165, 1.54) is 0 Å². The molecule has 4 heteroatoms. The minimum atomic E-state index is -0.504. The number of nitrogens with two attached hydrogens (primary N) is 1. The van der Waals surface area contributed by atoms with Gasteiger partial charge in [-0.25, -0.2) is 0 Å². The average molecular weight is 230 g/mol. The first-order valence-corrected chi connectivity index (χ1v) is 5.18. The van der Waals surface area contributed by atoms with E-state index in [4.69, 9.17) is 18.0 Å². The van der Waals surface area contributed by atoms with Crippen LogP contribution in [0.3, 0.4) is 0 Å². The monoisotopic (exact) mass is 230 g/mol. The van der Waals surface area contributed by atoms with E-state index in [-0.39, 0.29) is 0 Å². The van der Waals surface area contributed by atoms with E-state index < -0.39 is 5.91 Å². The third-order valence-electron chi connectivity index (χ3n) is 2.25. The number of rotatable bonds is 2. The smallest absolute Gasteiger partial charge is 0.251 e. The molecule has 0 fully saturated rings. The SMILES string of the molecule is NC(=O)c1cccn(-c2ccccc2)c1=S. The molecule has 0 bridgehead atoms. The molecule has 0 saturated carbocycles. The summed E-state index contributed by atoms with van der Waals surface area (Å²) in [6.45, 7) is 0. The molecule has 0 spiro atoms. The first-order chi connectivity index (χ1) is 7.70. The second-order valence-corrected chi connectivity index (χ2v) is 3.68. The lowest BCUT2D eigenvalue weighted by Gasteiger charge is -2.08. The molecule has 3 nitrogen and oxygen atoms in total. The molecule has 2 N–H and O–H groups in total. The first kappa shape index (κ1) is 10.6. The quantitative estimate of drug-likeness (QED) is 0.805. The summed E-state index contributed by atoms with van der Waals surface area (Å²) in [4.78, 5) is 11.1. The zero-order valence-corrected chi connectivity index (χ0v) is 9.28. The molecule has 1 amide bonds. The molecule has 80 valence electrons. The van der Waals surface area contributed by atoms with E-state index in [0.29, 0.717) is 10.2 Å². The van der Waals surface area contributed by atoms with Crippen molar-refractivity contribution >= 4 is 18.1 Å². The van der Waals surface area contributed by atoms with Gasteiger partial charge in [-0.3, -0.25) is 4.79 Å². The molecular formula is C12H10N2OS. The average Bonchev–Trinajstić information content (AvgIpc) is 2.30. The summed E-state index contributed by atoms with van der Waals surface area (Å²) in [7, 11) is 0. The second kappa shape index (κ2) is 4.28. The molecule has 0 aliphatic carbocycles. The van der Waals surface area contributed by atoms with Crippen LogP contribution in [-0.2, 0) is 0 Å². The number of nitrogens with zero attached hydrogens (tertiary/aromatic N) is 1. The number of benzene rings is 1. The van der Waals surface area contributed by atoms with Crippen LogP contribution in [0.15, 0.2) is 48.7 Å². The lowest BCUT2D eigenvalue weighted by atomic mass is 10.2. The van der Waals surface area contributed by atoms with Gasteiger partial charge in [-0.1, -0.05) is 30.4 Å². The standard InChI is InChI=1S/C12H10N2OS/c13-11(15)10-7-4-8-14(12(10)16)9-5-2-1-3-6-9/h1-8H,(H2,13,15). The molecule has 0 aliphatic rings. The maximum atomic E-state index is 11.1. The van der Waals surface area contributed by atoms with E-state index in [2.05, 4.69) is 0 Å². The van der Waals surface area contributed by atoms with Crippen molar-refractivity contribution in [3.8, 4) is 5.69 Å². The summed E-state index contributed by atoms with van der Waals surface area (Å²) in [6.07, 6.45) is 1.81.